The van der Waals surface area contributed by atoms with Gasteiger partial charge in [-0.3, -0.25) is 0 Å². The lowest BCUT2D eigenvalue weighted by Crippen LogP contribution is -2.33. The Kier molecular flexibility index (Phi) is 3.74. The van der Waals surface area contributed by atoms with Gasteiger partial charge in [-0.25, -0.2) is 4.98 Å². The zero-order valence-corrected chi connectivity index (χ0v) is 12.2. The standard InChI is InChI=1S/C16H25N3/c1-12-5-7-19(8-6-12)16-10-14(9-13(2)18-16)11-17-15-3-4-15/h9-10,12,15,17H,3-8,11H2,1-2H3. The Morgan fingerprint density at radius 3 is 2.63 bits per heavy atom. The summed E-state index contributed by atoms with van der Waals surface area (Å²) in [6.07, 6.45) is 5.29. The van der Waals surface area contributed by atoms with Crippen molar-refractivity contribution < 1.29 is 0 Å². The van der Waals surface area contributed by atoms with Gasteiger partial charge in [0.15, 0.2) is 0 Å². The topological polar surface area (TPSA) is 28.2 Å². The van der Waals surface area contributed by atoms with Crippen LogP contribution < -0.4 is 10.2 Å². The number of aryl methyl sites for hydroxylation is 1. The zero-order valence-electron chi connectivity index (χ0n) is 12.2. The molecule has 0 unspecified atom stereocenters. The van der Waals surface area contributed by atoms with Crippen LogP contribution in [0.4, 0.5) is 5.82 Å². The molecule has 1 saturated carbocycles. The third-order valence-electron chi connectivity index (χ3n) is 4.28. The van der Waals surface area contributed by atoms with Crippen molar-refractivity contribution in [3.8, 4) is 0 Å². The van der Waals surface area contributed by atoms with Crippen LogP contribution in [0.25, 0.3) is 0 Å². The molecule has 3 heteroatoms. The minimum Gasteiger partial charge on any atom is -0.357 e. The third kappa shape index (κ3) is 3.47. The molecule has 0 atom stereocenters. The molecule has 1 aromatic heterocycles. The maximum Gasteiger partial charge on any atom is 0.129 e. The van der Waals surface area contributed by atoms with Crippen molar-refractivity contribution in [3.63, 3.8) is 0 Å². The molecule has 0 bridgehead atoms. The number of piperidine rings is 1. The highest BCUT2D eigenvalue weighted by Gasteiger charge is 2.21. The van der Waals surface area contributed by atoms with E-state index in [0.717, 1.165) is 37.3 Å². The van der Waals surface area contributed by atoms with Crippen molar-refractivity contribution in [2.75, 3.05) is 18.0 Å². The SMILES string of the molecule is Cc1cc(CNC2CC2)cc(N2CCC(C)CC2)n1. The molecule has 2 heterocycles. The predicted octanol–water partition coefficient (Wildman–Crippen LogP) is 2.88. The quantitative estimate of drug-likeness (QED) is 0.901. The second-order valence-corrected chi connectivity index (χ2v) is 6.30. The lowest BCUT2D eigenvalue weighted by molar-refractivity contribution is 0.436. The van der Waals surface area contributed by atoms with Gasteiger partial charge in [0.05, 0.1) is 0 Å². The highest BCUT2D eigenvalue weighted by molar-refractivity contribution is 5.43. The Morgan fingerprint density at radius 2 is 1.95 bits per heavy atom. The van der Waals surface area contributed by atoms with E-state index in [2.05, 4.69) is 36.2 Å². The molecule has 0 aromatic carbocycles. The molecular formula is C16H25N3. The number of pyridine rings is 1. The van der Waals surface area contributed by atoms with Crippen LogP contribution >= 0.6 is 0 Å². The number of nitrogens with one attached hydrogen (secondary N) is 1. The summed E-state index contributed by atoms with van der Waals surface area (Å²) in [5.41, 5.74) is 2.52. The zero-order chi connectivity index (χ0) is 13.2. The van der Waals surface area contributed by atoms with Crippen LogP contribution in [0.5, 0.6) is 0 Å². The van der Waals surface area contributed by atoms with Gasteiger partial charge < -0.3 is 10.2 Å². The van der Waals surface area contributed by atoms with Crippen molar-refractivity contribution in [1.82, 2.24) is 10.3 Å². The van der Waals surface area contributed by atoms with Crippen molar-refractivity contribution in [3.05, 3.63) is 23.4 Å². The van der Waals surface area contributed by atoms with Crippen LogP contribution in [0.1, 0.15) is 43.9 Å². The molecular weight excluding hydrogens is 234 g/mol. The summed E-state index contributed by atoms with van der Waals surface area (Å²) in [6, 6.07) is 5.26. The minimum absolute atomic E-state index is 0.771. The Balaban J connectivity index is 1.69. The first-order valence-corrected chi connectivity index (χ1v) is 7.66. The molecule has 2 aliphatic rings. The van der Waals surface area contributed by atoms with Crippen molar-refractivity contribution >= 4 is 5.82 Å². The molecule has 0 spiro atoms. The van der Waals surface area contributed by atoms with Gasteiger partial charge in [0, 0.05) is 31.4 Å². The molecule has 3 nitrogen and oxygen atoms in total. The Morgan fingerprint density at radius 1 is 1.21 bits per heavy atom. The summed E-state index contributed by atoms with van der Waals surface area (Å²) in [6.45, 7) is 7.77. The fourth-order valence-electron chi connectivity index (χ4n) is 2.77. The van der Waals surface area contributed by atoms with Gasteiger partial charge in [-0.15, -0.1) is 0 Å². The van der Waals surface area contributed by atoms with Gasteiger partial charge in [0.2, 0.25) is 0 Å². The van der Waals surface area contributed by atoms with Gasteiger partial charge in [-0.1, -0.05) is 6.92 Å². The molecule has 104 valence electrons. The molecule has 0 radical (unpaired) electrons. The summed E-state index contributed by atoms with van der Waals surface area (Å²) in [4.78, 5) is 7.18. The van der Waals surface area contributed by atoms with Crippen LogP contribution in [0.15, 0.2) is 12.1 Å². The van der Waals surface area contributed by atoms with E-state index in [1.165, 1.54) is 37.1 Å². The second-order valence-electron chi connectivity index (χ2n) is 6.30. The molecule has 1 aromatic rings. The maximum atomic E-state index is 4.72. The lowest BCUT2D eigenvalue weighted by Gasteiger charge is -2.31. The van der Waals surface area contributed by atoms with E-state index in [4.69, 9.17) is 4.98 Å². The summed E-state index contributed by atoms with van der Waals surface area (Å²) < 4.78 is 0. The molecule has 2 fully saturated rings. The fraction of sp³-hybridized carbons (Fsp3) is 0.688. The molecule has 19 heavy (non-hydrogen) atoms. The van der Waals surface area contributed by atoms with E-state index in [-0.39, 0.29) is 0 Å². The molecule has 1 N–H and O–H groups in total. The van der Waals surface area contributed by atoms with E-state index < -0.39 is 0 Å². The Hall–Kier alpha value is -1.09. The summed E-state index contributed by atoms with van der Waals surface area (Å²) >= 11 is 0. The Bertz CT molecular complexity index is 432. The van der Waals surface area contributed by atoms with Gasteiger partial charge in [-0.05, 0) is 56.2 Å². The van der Waals surface area contributed by atoms with E-state index in [1.807, 2.05) is 0 Å². The predicted molar refractivity (Wildman–Crippen MR) is 79.4 cm³/mol. The monoisotopic (exact) mass is 259 g/mol. The van der Waals surface area contributed by atoms with Crippen LogP contribution in [0.3, 0.4) is 0 Å². The number of nitrogens with zero attached hydrogens (tertiary/aromatic N) is 2. The lowest BCUT2D eigenvalue weighted by atomic mass is 9.99. The molecule has 1 aliphatic carbocycles. The normalized spacial score (nSPS) is 20.8. The first-order chi connectivity index (χ1) is 9.20. The highest BCUT2D eigenvalue weighted by atomic mass is 15.2. The first kappa shape index (κ1) is 12.9. The van der Waals surface area contributed by atoms with Crippen molar-refractivity contribution in [2.24, 2.45) is 5.92 Å². The van der Waals surface area contributed by atoms with E-state index >= 15 is 0 Å². The van der Waals surface area contributed by atoms with Crippen LogP contribution in [-0.2, 0) is 6.54 Å². The maximum absolute atomic E-state index is 4.72. The van der Waals surface area contributed by atoms with E-state index in [0.29, 0.717) is 0 Å². The largest absolute Gasteiger partial charge is 0.357 e. The molecule has 1 aliphatic heterocycles. The van der Waals surface area contributed by atoms with Crippen LogP contribution in [0, 0.1) is 12.8 Å². The second kappa shape index (κ2) is 5.49. The third-order valence-corrected chi connectivity index (χ3v) is 4.28. The number of anilines is 1. The number of hydrogen-bond donors (Lipinski definition) is 1. The fourth-order valence-corrected chi connectivity index (χ4v) is 2.77. The molecule has 0 amide bonds. The summed E-state index contributed by atoms with van der Waals surface area (Å²) in [5, 5.41) is 3.59. The molecule has 1 saturated heterocycles. The average Bonchev–Trinajstić information content (AvgIpc) is 3.20. The number of rotatable bonds is 4. The minimum atomic E-state index is 0.771. The van der Waals surface area contributed by atoms with Crippen molar-refractivity contribution in [1.29, 1.82) is 0 Å². The average molecular weight is 259 g/mol. The smallest absolute Gasteiger partial charge is 0.129 e. The summed E-state index contributed by atoms with van der Waals surface area (Å²) in [7, 11) is 0. The first-order valence-electron chi connectivity index (χ1n) is 7.66. The number of aromatic nitrogens is 1. The van der Waals surface area contributed by atoms with E-state index in [9.17, 15) is 0 Å². The van der Waals surface area contributed by atoms with Crippen molar-refractivity contribution in [2.45, 2.75) is 52.1 Å². The van der Waals surface area contributed by atoms with Gasteiger partial charge in [-0.2, -0.15) is 0 Å². The molecule has 3 rings (SSSR count). The van der Waals surface area contributed by atoms with E-state index in [1.54, 1.807) is 0 Å². The Labute approximate surface area is 116 Å². The van der Waals surface area contributed by atoms with Crippen LogP contribution in [-0.4, -0.2) is 24.1 Å². The van der Waals surface area contributed by atoms with Gasteiger partial charge >= 0.3 is 0 Å². The van der Waals surface area contributed by atoms with Gasteiger partial charge in [0.1, 0.15) is 5.82 Å². The summed E-state index contributed by atoms with van der Waals surface area (Å²) in [5.74, 6) is 2.05. The van der Waals surface area contributed by atoms with Gasteiger partial charge in [0.25, 0.3) is 0 Å². The van der Waals surface area contributed by atoms with Crippen LogP contribution in [0.2, 0.25) is 0 Å². The number of hydrogen-bond acceptors (Lipinski definition) is 3. The highest BCUT2D eigenvalue weighted by Crippen LogP contribution is 2.23.